The Bertz CT molecular complexity index is 334. The van der Waals surface area contributed by atoms with E-state index in [4.69, 9.17) is 5.73 Å². The average Bonchev–Trinajstić information content (AvgIpc) is 2.67. The van der Waals surface area contributed by atoms with Crippen molar-refractivity contribution >= 4 is 10.2 Å². The molecule has 19 heavy (non-hydrogen) atoms. The van der Waals surface area contributed by atoms with Crippen LogP contribution in [0.2, 0.25) is 0 Å². The molecule has 0 spiro atoms. The maximum atomic E-state index is 12.2. The normalized spacial score (nSPS) is 20.4. The lowest BCUT2D eigenvalue weighted by molar-refractivity contribution is 0.379. The third-order valence-electron chi connectivity index (χ3n) is 4.06. The van der Waals surface area contributed by atoms with E-state index in [1.807, 2.05) is 0 Å². The van der Waals surface area contributed by atoms with Crippen molar-refractivity contribution in [2.75, 3.05) is 19.6 Å². The van der Waals surface area contributed by atoms with E-state index >= 15 is 0 Å². The van der Waals surface area contributed by atoms with Gasteiger partial charge in [-0.1, -0.05) is 39.5 Å². The average molecular weight is 291 g/mol. The van der Waals surface area contributed by atoms with Crippen molar-refractivity contribution < 1.29 is 8.42 Å². The SMILES string of the molecule is CCC(CC)C(N)CNS(=O)(=O)N1CCCCCC1. The molecule has 1 aliphatic heterocycles. The Morgan fingerprint density at radius 1 is 1.11 bits per heavy atom. The quantitative estimate of drug-likeness (QED) is 0.745. The lowest BCUT2D eigenvalue weighted by Crippen LogP contribution is -2.47. The van der Waals surface area contributed by atoms with Gasteiger partial charge in [0.05, 0.1) is 0 Å². The van der Waals surface area contributed by atoms with E-state index in [0.717, 1.165) is 38.5 Å². The molecule has 1 unspecified atom stereocenters. The Hall–Kier alpha value is -0.170. The fourth-order valence-electron chi connectivity index (χ4n) is 2.64. The molecule has 0 bridgehead atoms. The molecule has 5 nitrogen and oxygen atoms in total. The lowest BCUT2D eigenvalue weighted by Gasteiger charge is -2.24. The van der Waals surface area contributed by atoms with Crippen molar-refractivity contribution in [3.05, 3.63) is 0 Å². The molecular formula is C13H29N3O2S. The third-order valence-corrected chi connectivity index (χ3v) is 5.64. The summed E-state index contributed by atoms with van der Waals surface area (Å²) in [4.78, 5) is 0. The summed E-state index contributed by atoms with van der Waals surface area (Å²) in [5, 5.41) is 0. The van der Waals surface area contributed by atoms with Gasteiger partial charge in [-0.15, -0.1) is 0 Å². The van der Waals surface area contributed by atoms with Gasteiger partial charge in [-0.3, -0.25) is 0 Å². The van der Waals surface area contributed by atoms with E-state index in [2.05, 4.69) is 18.6 Å². The maximum Gasteiger partial charge on any atom is 0.279 e. The summed E-state index contributed by atoms with van der Waals surface area (Å²) >= 11 is 0. The topological polar surface area (TPSA) is 75.4 Å². The molecule has 0 aliphatic carbocycles. The van der Waals surface area contributed by atoms with Crippen molar-refractivity contribution in [3.8, 4) is 0 Å². The molecule has 1 heterocycles. The van der Waals surface area contributed by atoms with Crippen LogP contribution in [0.4, 0.5) is 0 Å². The molecule has 0 aromatic carbocycles. The third kappa shape index (κ3) is 5.38. The van der Waals surface area contributed by atoms with E-state index < -0.39 is 10.2 Å². The second-order valence-corrected chi connectivity index (χ2v) is 7.16. The fraction of sp³-hybridized carbons (Fsp3) is 1.00. The van der Waals surface area contributed by atoms with Crippen LogP contribution in [0.25, 0.3) is 0 Å². The van der Waals surface area contributed by atoms with Crippen LogP contribution in [-0.2, 0) is 10.2 Å². The number of nitrogens with one attached hydrogen (secondary N) is 1. The first-order chi connectivity index (χ1) is 9.01. The lowest BCUT2D eigenvalue weighted by atomic mass is 9.95. The monoisotopic (exact) mass is 291 g/mol. The second kappa shape index (κ2) is 8.19. The van der Waals surface area contributed by atoms with Crippen molar-refractivity contribution in [2.45, 2.75) is 58.4 Å². The number of hydrogen-bond acceptors (Lipinski definition) is 3. The number of nitrogens with two attached hydrogens (primary N) is 1. The van der Waals surface area contributed by atoms with Gasteiger partial charge in [0.1, 0.15) is 0 Å². The molecule has 0 amide bonds. The van der Waals surface area contributed by atoms with Crippen LogP contribution in [0.15, 0.2) is 0 Å². The van der Waals surface area contributed by atoms with Crippen LogP contribution in [-0.4, -0.2) is 38.4 Å². The van der Waals surface area contributed by atoms with Gasteiger partial charge in [0.2, 0.25) is 0 Å². The Labute approximate surface area is 118 Å². The van der Waals surface area contributed by atoms with Crippen molar-refractivity contribution in [2.24, 2.45) is 11.7 Å². The zero-order valence-electron chi connectivity index (χ0n) is 12.3. The first-order valence-corrected chi connectivity index (χ1v) is 8.95. The van der Waals surface area contributed by atoms with Gasteiger partial charge in [0.15, 0.2) is 0 Å². The Morgan fingerprint density at radius 2 is 1.63 bits per heavy atom. The van der Waals surface area contributed by atoms with Crippen molar-refractivity contribution in [1.29, 1.82) is 0 Å². The molecule has 0 aromatic rings. The Morgan fingerprint density at radius 3 is 2.11 bits per heavy atom. The molecule has 1 atom stereocenters. The molecular weight excluding hydrogens is 262 g/mol. The molecule has 0 radical (unpaired) electrons. The standard InChI is InChI=1S/C13H29N3O2S/c1-3-12(4-2)13(14)11-15-19(17,18)16-9-7-5-6-8-10-16/h12-13,15H,3-11,14H2,1-2H3. The summed E-state index contributed by atoms with van der Waals surface area (Å²) in [6, 6.07) is -0.100. The first-order valence-electron chi connectivity index (χ1n) is 7.51. The highest BCUT2D eigenvalue weighted by molar-refractivity contribution is 7.87. The summed E-state index contributed by atoms with van der Waals surface area (Å²) in [5.41, 5.74) is 6.06. The largest absolute Gasteiger partial charge is 0.326 e. The predicted octanol–water partition coefficient (Wildman–Crippen LogP) is 1.46. The van der Waals surface area contributed by atoms with Gasteiger partial charge < -0.3 is 5.73 Å². The fourth-order valence-corrected chi connectivity index (χ4v) is 3.96. The Balaban J connectivity index is 2.49. The van der Waals surface area contributed by atoms with E-state index in [0.29, 0.717) is 25.6 Å². The zero-order chi connectivity index (χ0) is 14.3. The van der Waals surface area contributed by atoms with Crippen molar-refractivity contribution in [1.82, 2.24) is 9.03 Å². The highest BCUT2D eigenvalue weighted by Gasteiger charge is 2.24. The van der Waals surface area contributed by atoms with Gasteiger partial charge in [-0.2, -0.15) is 12.7 Å². The van der Waals surface area contributed by atoms with E-state index in [1.165, 1.54) is 0 Å². The summed E-state index contributed by atoms with van der Waals surface area (Å²) in [7, 11) is -3.35. The van der Waals surface area contributed by atoms with Crippen LogP contribution in [0.3, 0.4) is 0 Å². The van der Waals surface area contributed by atoms with Crippen LogP contribution >= 0.6 is 0 Å². The van der Waals surface area contributed by atoms with Gasteiger partial charge >= 0.3 is 0 Å². The minimum absolute atomic E-state index is 0.100. The summed E-state index contributed by atoms with van der Waals surface area (Å²) in [6.07, 6.45) is 6.14. The highest BCUT2D eigenvalue weighted by Crippen LogP contribution is 2.14. The molecule has 1 saturated heterocycles. The van der Waals surface area contributed by atoms with Crippen LogP contribution < -0.4 is 10.5 Å². The molecule has 6 heteroatoms. The minimum Gasteiger partial charge on any atom is -0.326 e. The highest BCUT2D eigenvalue weighted by atomic mass is 32.2. The molecule has 0 saturated carbocycles. The summed E-state index contributed by atoms with van der Waals surface area (Å²) < 4.78 is 28.7. The van der Waals surface area contributed by atoms with E-state index in [-0.39, 0.29) is 6.04 Å². The Kier molecular flexibility index (Phi) is 7.28. The summed E-state index contributed by atoms with van der Waals surface area (Å²) in [6.45, 7) is 5.80. The first kappa shape index (κ1) is 16.9. The molecule has 114 valence electrons. The molecule has 3 N–H and O–H groups in total. The molecule has 0 aromatic heterocycles. The molecule has 1 rings (SSSR count). The van der Waals surface area contributed by atoms with Crippen molar-refractivity contribution in [3.63, 3.8) is 0 Å². The predicted molar refractivity (Wildman–Crippen MR) is 79.0 cm³/mol. The van der Waals surface area contributed by atoms with E-state index in [9.17, 15) is 8.42 Å². The van der Waals surface area contributed by atoms with Gasteiger partial charge in [-0.25, -0.2) is 4.72 Å². The summed E-state index contributed by atoms with van der Waals surface area (Å²) in [5.74, 6) is 0.381. The smallest absolute Gasteiger partial charge is 0.279 e. The van der Waals surface area contributed by atoms with Crippen LogP contribution in [0.1, 0.15) is 52.4 Å². The maximum absolute atomic E-state index is 12.2. The minimum atomic E-state index is -3.35. The van der Waals surface area contributed by atoms with Gasteiger partial charge in [0.25, 0.3) is 10.2 Å². The molecule has 1 fully saturated rings. The number of nitrogens with zero attached hydrogens (tertiary/aromatic N) is 1. The zero-order valence-corrected chi connectivity index (χ0v) is 13.1. The van der Waals surface area contributed by atoms with E-state index in [1.54, 1.807) is 4.31 Å². The second-order valence-electron chi connectivity index (χ2n) is 5.41. The molecule has 1 aliphatic rings. The van der Waals surface area contributed by atoms with Crippen LogP contribution in [0, 0.1) is 5.92 Å². The number of rotatable bonds is 7. The van der Waals surface area contributed by atoms with Gasteiger partial charge in [-0.05, 0) is 18.8 Å². The van der Waals surface area contributed by atoms with Gasteiger partial charge in [0, 0.05) is 25.7 Å². The number of hydrogen-bond donors (Lipinski definition) is 2. The van der Waals surface area contributed by atoms with Crippen LogP contribution in [0.5, 0.6) is 0 Å².